The van der Waals surface area contributed by atoms with Crippen LogP contribution in [0, 0.1) is 0 Å². The number of nitrogens with zero attached hydrogens (tertiary/aromatic N) is 2. The zero-order valence-corrected chi connectivity index (χ0v) is 13.5. The second kappa shape index (κ2) is 9.30. The average molecular weight is 316 g/mol. The summed E-state index contributed by atoms with van der Waals surface area (Å²) < 4.78 is 10.3. The van der Waals surface area contributed by atoms with Crippen molar-refractivity contribution in [2.24, 2.45) is 9.98 Å². The van der Waals surface area contributed by atoms with Gasteiger partial charge in [-0.3, -0.25) is 14.6 Å². The molecule has 0 amide bonds. The molecule has 6 heteroatoms. The van der Waals surface area contributed by atoms with Crippen molar-refractivity contribution in [3.63, 3.8) is 0 Å². The SMILES string of the molecule is C=N/C=N\C=C(/C)C(=O)CCC(=O)c1ccc(OC)c(OC)c1. The molecule has 0 heterocycles. The molecular formula is C17H20N2O4. The van der Waals surface area contributed by atoms with Gasteiger partial charge in [0.25, 0.3) is 0 Å². The van der Waals surface area contributed by atoms with Crippen molar-refractivity contribution in [3.8, 4) is 11.5 Å². The Hall–Kier alpha value is -2.76. The fourth-order valence-electron chi connectivity index (χ4n) is 1.84. The number of methoxy groups -OCH3 is 2. The Bertz CT molecular complexity index is 648. The zero-order chi connectivity index (χ0) is 17.2. The van der Waals surface area contributed by atoms with E-state index < -0.39 is 0 Å². The molecule has 122 valence electrons. The summed E-state index contributed by atoms with van der Waals surface area (Å²) in [6.45, 7) is 4.89. The first-order chi connectivity index (χ1) is 11.0. The number of Topliss-reactive ketones (excluding diaryl/α,β-unsaturated/α-hetero) is 2. The number of hydrogen-bond acceptors (Lipinski definition) is 5. The molecule has 0 spiro atoms. The molecule has 0 saturated carbocycles. The standard InChI is InChI=1S/C17H20N2O4/c1-12(10-19-11-18-2)14(20)6-7-15(21)13-5-8-16(22-3)17(9-13)23-4/h5,8-11H,2,6-7H2,1,3-4H3/b12-10+,19-11-. The Morgan fingerprint density at radius 3 is 2.48 bits per heavy atom. The largest absolute Gasteiger partial charge is 0.493 e. The highest BCUT2D eigenvalue weighted by Crippen LogP contribution is 2.28. The first kappa shape index (κ1) is 18.3. The second-order valence-corrected chi connectivity index (χ2v) is 4.68. The van der Waals surface area contributed by atoms with Gasteiger partial charge in [-0.25, -0.2) is 4.99 Å². The van der Waals surface area contributed by atoms with Gasteiger partial charge in [-0.2, -0.15) is 0 Å². The molecule has 0 aliphatic carbocycles. The van der Waals surface area contributed by atoms with Crippen molar-refractivity contribution in [3.05, 3.63) is 35.5 Å². The lowest BCUT2D eigenvalue weighted by atomic mass is 10.0. The van der Waals surface area contributed by atoms with Gasteiger partial charge in [0, 0.05) is 30.2 Å². The van der Waals surface area contributed by atoms with Gasteiger partial charge in [0.15, 0.2) is 23.1 Å². The summed E-state index contributed by atoms with van der Waals surface area (Å²) in [5.41, 5.74) is 0.941. The molecule has 0 radical (unpaired) electrons. The van der Waals surface area contributed by atoms with Crippen LogP contribution >= 0.6 is 0 Å². The lowest BCUT2D eigenvalue weighted by Gasteiger charge is -2.09. The van der Waals surface area contributed by atoms with E-state index in [2.05, 4.69) is 16.7 Å². The zero-order valence-electron chi connectivity index (χ0n) is 13.5. The molecule has 6 nitrogen and oxygen atoms in total. The third kappa shape index (κ3) is 5.50. The van der Waals surface area contributed by atoms with Crippen LogP contribution in [0.15, 0.2) is 40.0 Å². The van der Waals surface area contributed by atoms with E-state index in [1.165, 1.54) is 26.8 Å². The second-order valence-electron chi connectivity index (χ2n) is 4.68. The molecule has 1 aromatic carbocycles. The predicted molar refractivity (Wildman–Crippen MR) is 89.9 cm³/mol. The fraction of sp³-hybridized carbons (Fsp3) is 0.294. The number of hydrogen-bond donors (Lipinski definition) is 0. The summed E-state index contributed by atoms with van der Waals surface area (Å²) >= 11 is 0. The Morgan fingerprint density at radius 1 is 1.17 bits per heavy atom. The minimum atomic E-state index is -0.139. The number of carbonyl (C=O) groups excluding carboxylic acids is 2. The summed E-state index contributed by atoms with van der Waals surface area (Å²) in [6, 6.07) is 4.92. The van der Waals surface area contributed by atoms with Gasteiger partial charge in [-0.15, -0.1) is 0 Å². The Morgan fingerprint density at radius 2 is 1.87 bits per heavy atom. The molecule has 0 saturated heterocycles. The number of carbonyl (C=O) groups is 2. The molecule has 0 aromatic heterocycles. The summed E-state index contributed by atoms with van der Waals surface area (Å²) in [6.07, 6.45) is 2.87. The summed E-state index contributed by atoms with van der Waals surface area (Å²) in [7, 11) is 3.03. The van der Waals surface area contributed by atoms with Crippen molar-refractivity contribution in [2.75, 3.05) is 14.2 Å². The molecule has 0 bridgehead atoms. The van der Waals surface area contributed by atoms with Gasteiger partial charge in [-0.05, 0) is 31.8 Å². The van der Waals surface area contributed by atoms with Crippen LogP contribution in [0.5, 0.6) is 11.5 Å². The number of ether oxygens (including phenoxy) is 2. The normalized spacial score (nSPS) is 11.3. The van der Waals surface area contributed by atoms with Crippen LogP contribution in [-0.4, -0.2) is 38.8 Å². The van der Waals surface area contributed by atoms with Gasteiger partial charge in [0.05, 0.1) is 14.2 Å². The highest BCUT2D eigenvalue weighted by atomic mass is 16.5. The Kier molecular flexibility index (Phi) is 7.39. The van der Waals surface area contributed by atoms with Gasteiger partial charge < -0.3 is 9.47 Å². The topological polar surface area (TPSA) is 77.3 Å². The van der Waals surface area contributed by atoms with E-state index in [-0.39, 0.29) is 24.4 Å². The molecule has 23 heavy (non-hydrogen) atoms. The lowest BCUT2D eigenvalue weighted by Crippen LogP contribution is -2.06. The maximum absolute atomic E-state index is 12.2. The van der Waals surface area contributed by atoms with Crippen molar-refractivity contribution < 1.29 is 19.1 Å². The van der Waals surface area contributed by atoms with Crippen LogP contribution in [-0.2, 0) is 4.79 Å². The fourth-order valence-corrected chi connectivity index (χ4v) is 1.84. The minimum Gasteiger partial charge on any atom is -0.493 e. The number of benzene rings is 1. The molecular weight excluding hydrogens is 296 g/mol. The maximum atomic E-state index is 12.2. The summed E-state index contributed by atoms with van der Waals surface area (Å²) in [5, 5.41) is 0. The molecule has 0 N–H and O–H groups in total. The minimum absolute atomic E-state index is 0.114. The molecule has 0 aliphatic rings. The molecule has 1 rings (SSSR count). The first-order valence-electron chi connectivity index (χ1n) is 6.96. The van der Waals surface area contributed by atoms with Crippen LogP contribution in [0.1, 0.15) is 30.1 Å². The average Bonchev–Trinajstić information content (AvgIpc) is 2.58. The Labute approximate surface area is 135 Å². The number of allylic oxidation sites excluding steroid dienone is 1. The lowest BCUT2D eigenvalue weighted by molar-refractivity contribution is -0.115. The molecule has 1 aromatic rings. The van der Waals surface area contributed by atoms with E-state index in [9.17, 15) is 9.59 Å². The van der Waals surface area contributed by atoms with Gasteiger partial charge in [0.1, 0.15) is 6.34 Å². The first-order valence-corrected chi connectivity index (χ1v) is 6.96. The molecule has 0 aliphatic heterocycles. The number of rotatable bonds is 9. The Balaban J connectivity index is 2.70. The van der Waals surface area contributed by atoms with Crippen LogP contribution in [0.4, 0.5) is 0 Å². The maximum Gasteiger partial charge on any atom is 0.163 e. The van der Waals surface area contributed by atoms with E-state index in [0.717, 1.165) is 0 Å². The van der Waals surface area contributed by atoms with Gasteiger partial charge in [0.2, 0.25) is 0 Å². The van der Waals surface area contributed by atoms with E-state index in [4.69, 9.17) is 9.47 Å². The van der Waals surface area contributed by atoms with Crippen LogP contribution in [0.3, 0.4) is 0 Å². The quantitative estimate of drug-likeness (QED) is 0.304. The van der Waals surface area contributed by atoms with Gasteiger partial charge >= 0.3 is 0 Å². The van der Waals surface area contributed by atoms with Crippen LogP contribution in [0.25, 0.3) is 0 Å². The third-order valence-electron chi connectivity index (χ3n) is 3.14. The molecule has 0 unspecified atom stereocenters. The molecule has 0 fully saturated rings. The number of ketones is 2. The van der Waals surface area contributed by atoms with E-state index in [1.807, 2.05) is 0 Å². The van der Waals surface area contributed by atoms with Crippen LogP contribution < -0.4 is 9.47 Å². The van der Waals surface area contributed by atoms with E-state index in [0.29, 0.717) is 22.6 Å². The number of aliphatic imine (C=N–C) groups is 2. The van der Waals surface area contributed by atoms with Crippen molar-refractivity contribution in [1.82, 2.24) is 0 Å². The molecule has 0 atom stereocenters. The summed E-state index contributed by atoms with van der Waals surface area (Å²) in [4.78, 5) is 31.3. The monoisotopic (exact) mass is 316 g/mol. The van der Waals surface area contributed by atoms with Crippen molar-refractivity contribution >= 4 is 24.6 Å². The predicted octanol–water partition coefficient (Wildman–Crippen LogP) is 2.87. The van der Waals surface area contributed by atoms with Crippen molar-refractivity contribution in [1.29, 1.82) is 0 Å². The van der Waals surface area contributed by atoms with Crippen molar-refractivity contribution in [2.45, 2.75) is 19.8 Å². The highest BCUT2D eigenvalue weighted by Gasteiger charge is 2.13. The highest BCUT2D eigenvalue weighted by molar-refractivity contribution is 6.01. The smallest absolute Gasteiger partial charge is 0.163 e. The summed E-state index contributed by atoms with van der Waals surface area (Å²) in [5.74, 6) is 0.753. The third-order valence-corrected chi connectivity index (χ3v) is 3.14. The van der Waals surface area contributed by atoms with Crippen LogP contribution in [0.2, 0.25) is 0 Å². The van der Waals surface area contributed by atoms with E-state index >= 15 is 0 Å². The van der Waals surface area contributed by atoms with Gasteiger partial charge in [-0.1, -0.05) is 0 Å². The van der Waals surface area contributed by atoms with E-state index in [1.54, 1.807) is 25.1 Å².